The van der Waals surface area contributed by atoms with Crippen molar-refractivity contribution in [3.63, 3.8) is 0 Å². The first-order valence-corrected chi connectivity index (χ1v) is 41.1. The average molecular weight is 1420 g/mol. The topological polar surface area (TPSA) is 237 Å². The minimum Gasteiger partial charge on any atom is -0.462 e. The zero-order valence-electron chi connectivity index (χ0n) is 61.4. The molecule has 0 heterocycles. The third-order valence-electron chi connectivity index (χ3n) is 15.7. The largest absolute Gasteiger partial charge is 0.472 e. The Hall–Kier alpha value is -4.28. The van der Waals surface area contributed by atoms with Gasteiger partial charge in [-0.15, -0.1) is 0 Å². The van der Waals surface area contributed by atoms with Crippen LogP contribution >= 0.6 is 15.6 Å². The Morgan fingerprint density at radius 3 is 0.918 bits per heavy atom. The SMILES string of the molecule is CC/C=C\C/C=C\C/C=C\C/C=C\C/C=C\CCCC(=O)OCC(COP(=O)(O)OCC(O)COP(=O)(O)OCC(COC(=O)CCCCCCC/C=C\CCCCCCCC)OC(=O)CCCCCCC/C=C\C/C=C\CCC)OC(=O)CCCCCCC/C=C\CCCCCC. The van der Waals surface area contributed by atoms with Gasteiger partial charge in [0.15, 0.2) is 12.2 Å². The molecule has 0 amide bonds. The van der Waals surface area contributed by atoms with Crippen LogP contribution in [0, 0.1) is 0 Å². The molecule has 5 unspecified atom stereocenters. The predicted molar refractivity (Wildman–Crippen MR) is 399 cm³/mol. The summed E-state index contributed by atoms with van der Waals surface area (Å²) in [5, 5.41) is 10.6. The van der Waals surface area contributed by atoms with Crippen LogP contribution in [0.25, 0.3) is 0 Å². The Balaban J connectivity index is 5.40. The normalized spacial score (nSPS) is 14.6. The van der Waals surface area contributed by atoms with Crippen molar-refractivity contribution in [2.45, 2.75) is 329 Å². The summed E-state index contributed by atoms with van der Waals surface area (Å²) in [5.41, 5.74) is 0. The Morgan fingerprint density at radius 2 is 0.561 bits per heavy atom. The van der Waals surface area contributed by atoms with Crippen LogP contribution in [-0.4, -0.2) is 96.7 Å². The Morgan fingerprint density at radius 1 is 0.296 bits per heavy atom. The summed E-state index contributed by atoms with van der Waals surface area (Å²) in [4.78, 5) is 72.8. The van der Waals surface area contributed by atoms with E-state index in [0.29, 0.717) is 32.1 Å². The maximum absolute atomic E-state index is 13.1. The maximum Gasteiger partial charge on any atom is 0.472 e. The average Bonchev–Trinajstić information content (AvgIpc) is 0.969. The fourth-order valence-electron chi connectivity index (χ4n) is 9.87. The van der Waals surface area contributed by atoms with E-state index in [4.69, 9.17) is 37.0 Å². The molecule has 564 valence electrons. The van der Waals surface area contributed by atoms with Crippen LogP contribution in [0.15, 0.2) is 109 Å². The number of phosphoric acid groups is 2. The highest BCUT2D eigenvalue weighted by Gasteiger charge is 2.30. The summed E-state index contributed by atoms with van der Waals surface area (Å²) < 4.78 is 68.4. The second kappa shape index (κ2) is 71.1. The lowest BCUT2D eigenvalue weighted by Crippen LogP contribution is -2.30. The van der Waals surface area contributed by atoms with Gasteiger partial charge in [0.25, 0.3) is 0 Å². The van der Waals surface area contributed by atoms with Gasteiger partial charge in [-0.2, -0.15) is 0 Å². The molecule has 0 saturated heterocycles. The number of allylic oxidation sites excluding steroid dienone is 18. The summed E-state index contributed by atoms with van der Waals surface area (Å²) in [7, 11) is -9.97. The van der Waals surface area contributed by atoms with Crippen LogP contribution in [0.2, 0.25) is 0 Å². The van der Waals surface area contributed by atoms with Gasteiger partial charge in [0.1, 0.15) is 19.3 Å². The van der Waals surface area contributed by atoms with E-state index in [0.717, 1.165) is 161 Å². The number of hydrogen-bond donors (Lipinski definition) is 3. The van der Waals surface area contributed by atoms with Crippen LogP contribution in [0.4, 0.5) is 0 Å². The molecule has 0 saturated carbocycles. The van der Waals surface area contributed by atoms with E-state index in [1.54, 1.807) is 0 Å². The molecular formula is C79H136O17P2. The molecule has 17 nitrogen and oxygen atoms in total. The first-order valence-electron chi connectivity index (χ1n) is 38.1. The first-order chi connectivity index (χ1) is 47.7. The highest BCUT2D eigenvalue weighted by Crippen LogP contribution is 2.45. The highest BCUT2D eigenvalue weighted by molar-refractivity contribution is 7.47. The number of ether oxygens (including phenoxy) is 4. The molecule has 19 heteroatoms. The van der Waals surface area contributed by atoms with Crippen LogP contribution in [0.3, 0.4) is 0 Å². The van der Waals surface area contributed by atoms with Gasteiger partial charge in [-0.3, -0.25) is 37.3 Å². The van der Waals surface area contributed by atoms with Crippen molar-refractivity contribution in [3.8, 4) is 0 Å². The predicted octanol–water partition coefficient (Wildman–Crippen LogP) is 21.8. The number of phosphoric ester groups is 2. The number of hydrogen-bond acceptors (Lipinski definition) is 15. The number of esters is 4. The monoisotopic (exact) mass is 1420 g/mol. The van der Waals surface area contributed by atoms with E-state index in [1.165, 1.54) is 64.2 Å². The van der Waals surface area contributed by atoms with Crippen molar-refractivity contribution in [1.29, 1.82) is 0 Å². The highest BCUT2D eigenvalue weighted by atomic mass is 31.2. The number of aliphatic hydroxyl groups is 1. The molecule has 0 aliphatic heterocycles. The van der Waals surface area contributed by atoms with E-state index in [2.05, 4.69) is 125 Å². The Kier molecular flexibility index (Phi) is 68.0. The molecule has 5 atom stereocenters. The minimum atomic E-state index is -4.99. The van der Waals surface area contributed by atoms with Gasteiger partial charge >= 0.3 is 39.5 Å². The third-order valence-corrected chi connectivity index (χ3v) is 17.6. The summed E-state index contributed by atoms with van der Waals surface area (Å²) in [5.74, 6) is -2.27. The molecule has 0 aromatic carbocycles. The molecule has 98 heavy (non-hydrogen) atoms. The van der Waals surface area contributed by atoms with Crippen molar-refractivity contribution in [2.24, 2.45) is 0 Å². The number of unbranched alkanes of at least 4 members (excludes halogenated alkanes) is 27. The van der Waals surface area contributed by atoms with Gasteiger partial charge in [0, 0.05) is 25.7 Å². The number of aliphatic hydroxyl groups excluding tert-OH is 1. The zero-order chi connectivity index (χ0) is 71.8. The van der Waals surface area contributed by atoms with Gasteiger partial charge in [-0.25, -0.2) is 9.13 Å². The van der Waals surface area contributed by atoms with Crippen molar-refractivity contribution in [2.75, 3.05) is 39.6 Å². The van der Waals surface area contributed by atoms with Gasteiger partial charge in [0.2, 0.25) is 0 Å². The molecule has 0 aliphatic rings. The van der Waals surface area contributed by atoms with Gasteiger partial charge in [-0.05, 0) is 141 Å². The van der Waals surface area contributed by atoms with Crippen molar-refractivity contribution < 1.29 is 80.2 Å². The lowest BCUT2D eigenvalue weighted by atomic mass is 10.1. The molecule has 0 aromatic heterocycles. The number of carbonyl (C=O) groups excluding carboxylic acids is 4. The van der Waals surface area contributed by atoms with E-state index >= 15 is 0 Å². The molecule has 3 N–H and O–H groups in total. The zero-order valence-corrected chi connectivity index (χ0v) is 63.2. The van der Waals surface area contributed by atoms with E-state index < -0.39 is 97.5 Å². The summed E-state index contributed by atoms with van der Waals surface area (Å²) in [6.45, 7) is 4.58. The molecule has 0 radical (unpaired) electrons. The Labute approximate surface area is 594 Å². The second-order valence-electron chi connectivity index (χ2n) is 25.2. The van der Waals surface area contributed by atoms with Crippen molar-refractivity contribution in [1.82, 2.24) is 0 Å². The molecular weight excluding hydrogens is 1280 g/mol. The van der Waals surface area contributed by atoms with Crippen LogP contribution in [0.5, 0.6) is 0 Å². The van der Waals surface area contributed by atoms with Crippen LogP contribution in [-0.2, 0) is 65.4 Å². The fraction of sp³-hybridized carbons (Fsp3) is 0.722. The van der Waals surface area contributed by atoms with Gasteiger partial charge < -0.3 is 33.8 Å². The standard InChI is InChI=1S/C79H136O17P2/c1-5-9-13-17-21-25-29-33-35-36-38-42-44-48-52-56-60-64-77(82)90-70-75(96-79(84)66-62-58-54-50-46-40-32-28-24-20-16-12-8-4)72-94-98(87,88)92-68-73(80)67-91-97(85,86)93-71-74(95-78(83)65-61-57-53-49-45-39-31-27-23-19-15-11-7-3)69-89-76(81)63-59-55-51-47-43-41-37-34-30-26-22-18-14-10-6-2/h9,13,15,19,21,25,27-28,31-35,37-38,42,48,52,73-75,80H,5-8,10-12,14,16-18,20,22-24,26,29-30,36,39-41,43-47,49-51,53-72H2,1-4H3,(H,85,86)(H,87,88)/b13-9-,19-15-,25-21-,31-27-,32-28-,35-33-,37-34-,42-38-,52-48-. The maximum atomic E-state index is 13.1. The molecule has 0 fully saturated rings. The van der Waals surface area contributed by atoms with Gasteiger partial charge in [0.05, 0.1) is 26.4 Å². The van der Waals surface area contributed by atoms with Crippen LogP contribution < -0.4 is 0 Å². The molecule has 0 aromatic rings. The lowest BCUT2D eigenvalue weighted by molar-refractivity contribution is -0.161. The molecule has 0 bridgehead atoms. The van der Waals surface area contributed by atoms with E-state index in [-0.39, 0.29) is 25.7 Å². The number of rotatable bonds is 71. The summed E-state index contributed by atoms with van der Waals surface area (Å²) in [6, 6.07) is 0. The minimum absolute atomic E-state index is 0.0712. The smallest absolute Gasteiger partial charge is 0.462 e. The number of carbonyl (C=O) groups is 4. The quantitative estimate of drug-likeness (QED) is 0.0169. The second-order valence-corrected chi connectivity index (χ2v) is 28.1. The fourth-order valence-corrected chi connectivity index (χ4v) is 11.4. The summed E-state index contributed by atoms with van der Waals surface area (Å²) >= 11 is 0. The molecule has 0 spiro atoms. The Bertz CT molecular complexity index is 2290. The lowest BCUT2D eigenvalue weighted by Gasteiger charge is -2.21. The summed E-state index contributed by atoms with van der Waals surface area (Å²) in [6.07, 6.45) is 75.2. The van der Waals surface area contributed by atoms with Crippen LogP contribution in [0.1, 0.15) is 310 Å². The van der Waals surface area contributed by atoms with E-state index in [9.17, 15) is 43.2 Å². The molecule has 0 rings (SSSR count). The van der Waals surface area contributed by atoms with Crippen molar-refractivity contribution in [3.05, 3.63) is 109 Å². The van der Waals surface area contributed by atoms with Gasteiger partial charge in [-0.1, -0.05) is 253 Å². The molecule has 0 aliphatic carbocycles. The first kappa shape index (κ1) is 93.7. The third kappa shape index (κ3) is 70.2. The van der Waals surface area contributed by atoms with E-state index in [1.807, 2.05) is 12.2 Å². The van der Waals surface area contributed by atoms with Crippen molar-refractivity contribution >= 4 is 39.5 Å².